The number of β-amino-alcohol motifs (C(OH)–C–C–N with tert-alkyl or cyclic N) is 1. The van der Waals surface area contributed by atoms with Crippen LogP contribution in [0.1, 0.15) is 12.5 Å². The van der Waals surface area contributed by atoms with Gasteiger partial charge in [0.2, 0.25) is 5.91 Å². The van der Waals surface area contributed by atoms with Gasteiger partial charge in [-0.1, -0.05) is 18.2 Å². The molecule has 1 N–H and O–H groups in total. The van der Waals surface area contributed by atoms with Crippen molar-refractivity contribution in [2.75, 3.05) is 31.1 Å². The van der Waals surface area contributed by atoms with Crippen LogP contribution in [0.25, 0.3) is 0 Å². The molecule has 1 amide bonds. The minimum atomic E-state index is -0.612. The third kappa shape index (κ3) is 3.32. The maximum atomic E-state index is 12.7. The third-order valence-corrected chi connectivity index (χ3v) is 5.08. The van der Waals surface area contributed by atoms with Crippen molar-refractivity contribution in [1.82, 2.24) is 14.7 Å². The van der Waals surface area contributed by atoms with Crippen LogP contribution in [0.2, 0.25) is 0 Å². The van der Waals surface area contributed by atoms with Gasteiger partial charge in [0.15, 0.2) is 5.75 Å². The predicted molar refractivity (Wildman–Crippen MR) is 97.3 cm³/mol. The monoisotopic (exact) mass is 356 g/mol. The lowest BCUT2D eigenvalue weighted by atomic mass is 10.2. The highest BCUT2D eigenvalue weighted by Gasteiger charge is 2.35. The number of para-hydroxylation sites is 1. The van der Waals surface area contributed by atoms with E-state index in [4.69, 9.17) is 4.74 Å². The lowest BCUT2D eigenvalue weighted by molar-refractivity contribution is -0.119. The Balaban J connectivity index is 1.35. The molecule has 0 aliphatic carbocycles. The molecule has 0 unspecified atom stereocenters. The molecule has 1 fully saturated rings. The number of anilines is 1. The molecule has 3 heterocycles. The number of benzene rings is 1. The fourth-order valence-electron chi connectivity index (χ4n) is 3.70. The van der Waals surface area contributed by atoms with Crippen LogP contribution >= 0.6 is 0 Å². The van der Waals surface area contributed by atoms with Gasteiger partial charge in [-0.2, -0.15) is 5.10 Å². The van der Waals surface area contributed by atoms with Crippen molar-refractivity contribution in [3.63, 3.8) is 0 Å². The minimum Gasteiger partial charge on any atom is -0.483 e. The van der Waals surface area contributed by atoms with E-state index in [1.807, 2.05) is 41.1 Å². The molecule has 2 atom stereocenters. The molecule has 2 aromatic rings. The summed E-state index contributed by atoms with van der Waals surface area (Å²) in [5, 5.41) is 14.5. The first-order valence-corrected chi connectivity index (χ1v) is 9.12. The van der Waals surface area contributed by atoms with E-state index in [0.29, 0.717) is 25.4 Å². The highest BCUT2D eigenvalue weighted by Crippen LogP contribution is 2.28. The number of fused-ring (bicyclic) bond motifs is 1. The van der Waals surface area contributed by atoms with Gasteiger partial charge < -0.3 is 14.7 Å². The number of hydrogen-bond donors (Lipinski definition) is 1. The van der Waals surface area contributed by atoms with Crippen molar-refractivity contribution >= 4 is 11.6 Å². The third-order valence-electron chi connectivity index (χ3n) is 5.08. The van der Waals surface area contributed by atoms with Gasteiger partial charge >= 0.3 is 0 Å². The Kier molecular flexibility index (Phi) is 4.65. The number of aromatic nitrogens is 2. The Morgan fingerprint density at radius 2 is 2.19 bits per heavy atom. The number of aliphatic hydroxyl groups is 1. The number of likely N-dealkylation sites (tertiary alicyclic amines) is 1. The molecule has 26 heavy (non-hydrogen) atoms. The molecular weight excluding hydrogens is 332 g/mol. The number of rotatable bonds is 5. The lowest BCUT2D eigenvalue weighted by Gasteiger charge is -2.21. The number of amides is 1. The van der Waals surface area contributed by atoms with E-state index >= 15 is 0 Å². The SMILES string of the molecule is CCn1cc(O[C@@H]2CN(CC(=O)N3CCc4ccccc43)C[C@H]2O)cn1. The van der Waals surface area contributed by atoms with Gasteiger partial charge in [0.05, 0.1) is 18.9 Å². The van der Waals surface area contributed by atoms with Crippen molar-refractivity contribution in [2.24, 2.45) is 0 Å². The molecule has 1 saturated heterocycles. The lowest BCUT2D eigenvalue weighted by Crippen LogP contribution is -2.39. The molecule has 0 saturated carbocycles. The second kappa shape index (κ2) is 7.09. The number of ether oxygens (including phenoxy) is 1. The van der Waals surface area contributed by atoms with E-state index in [1.165, 1.54) is 5.56 Å². The van der Waals surface area contributed by atoms with E-state index in [2.05, 4.69) is 11.2 Å². The molecule has 2 aliphatic heterocycles. The summed E-state index contributed by atoms with van der Waals surface area (Å²) in [6.45, 7) is 4.76. The summed E-state index contributed by atoms with van der Waals surface area (Å²) in [6, 6.07) is 8.04. The second-order valence-corrected chi connectivity index (χ2v) is 6.87. The molecule has 0 bridgehead atoms. The number of aryl methyl sites for hydroxylation is 1. The summed E-state index contributed by atoms with van der Waals surface area (Å²) in [5.41, 5.74) is 2.23. The number of carbonyl (C=O) groups excluding carboxylic acids is 1. The first-order valence-electron chi connectivity index (χ1n) is 9.12. The van der Waals surface area contributed by atoms with Gasteiger partial charge in [-0.25, -0.2) is 0 Å². The Morgan fingerprint density at radius 3 is 3.00 bits per heavy atom. The van der Waals surface area contributed by atoms with Crippen LogP contribution in [0.3, 0.4) is 0 Å². The number of hydrogen-bond acceptors (Lipinski definition) is 5. The Hall–Kier alpha value is -2.38. The van der Waals surface area contributed by atoms with Crippen LogP contribution in [-0.4, -0.2) is 64.1 Å². The van der Waals surface area contributed by atoms with Crippen molar-refractivity contribution in [3.8, 4) is 5.75 Å². The second-order valence-electron chi connectivity index (χ2n) is 6.87. The normalized spacial score (nSPS) is 22.6. The van der Waals surface area contributed by atoms with Gasteiger partial charge in [-0.15, -0.1) is 0 Å². The van der Waals surface area contributed by atoms with Gasteiger partial charge in [0.25, 0.3) is 0 Å². The largest absolute Gasteiger partial charge is 0.483 e. The first kappa shape index (κ1) is 17.1. The van der Waals surface area contributed by atoms with E-state index in [-0.39, 0.29) is 12.0 Å². The minimum absolute atomic E-state index is 0.0709. The van der Waals surface area contributed by atoms with Gasteiger partial charge in [0.1, 0.15) is 12.2 Å². The van der Waals surface area contributed by atoms with Crippen LogP contribution < -0.4 is 9.64 Å². The molecule has 2 aliphatic rings. The zero-order valence-corrected chi connectivity index (χ0v) is 14.9. The van der Waals surface area contributed by atoms with Gasteiger partial charge in [-0.05, 0) is 25.0 Å². The molecule has 0 radical (unpaired) electrons. The maximum Gasteiger partial charge on any atom is 0.241 e. The summed E-state index contributed by atoms with van der Waals surface area (Å²) in [6.07, 6.45) is 3.42. The van der Waals surface area contributed by atoms with Gasteiger partial charge in [0, 0.05) is 31.9 Å². The van der Waals surface area contributed by atoms with E-state index in [1.54, 1.807) is 10.9 Å². The molecule has 1 aromatic carbocycles. The predicted octanol–water partition coefficient (Wildman–Crippen LogP) is 0.916. The molecule has 138 valence electrons. The molecule has 1 aromatic heterocycles. The standard InChI is InChI=1S/C19H24N4O3/c1-2-22-10-15(9-20-22)26-18-12-21(11-17(18)24)13-19(25)23-8-7-14-5-3-4-6-16(14)23/h3-6,9-10,17-18,24H,2,7-8,11-13H2,1H3/t17-,18-/m1/s1. The van der Waals surface area contributed by atoms with Crippen LogP contribution in [0.5, 0.6) is 5.75 Å². The summed E-state index contributed by atoms with van der Waals surface area (Å²) in [7, 11) is 0. The van der Waals surface area contributed by atoms with E-state index in [0.717, 1.165) is 25.2 Å². The van der Waals surface area contributed by atoms with Gasteiger partial charge in [-0.3, -0.25) is 14.4 Å². The number of nitrogens with zero attached hydrogens (tertiary/aromatic N) is 4. The van der Waals surface area contributed by atoms with Crippen molar-refractivity contribution in [3.05, 3.63) is 42.2 Å². The van der Waals surface area contributed by atoms with Crippen LogP contribution in [0.15, 0.2) is 36.7 Å². The van der Waals surface area contributed by atoms with Crippen LogP contribution in [-0.2, 0) is 17.8 Å². The van der Waals surface area contributed by atoms with E-state index in [9.17, 15) is 9.90 Å². The highest BCUT2D eigenvalue weighted by molar-refractivity contribution is 5.96. The Morgan fingerprint density at radius 1 is 1.35 bits per heavy atom. The zero-order valence-electron chi connectivity index (χ0n) is 14.9. The van der Waals surface area contributed by atoms with E-state index < -0.39 is 6.10 Å². The number of aliphatic hydroxyl groups excluding tert-OH is 1. The zero-order chi connectivity index (χ0) is 18.1. The average Bonchev–Trinajstić information content (AvgIpc) is 3.34. The molecule has 7 nitrogen and oxygen atoms in total. The summed E-state index contributed by atoms with van der Waals surface area (Å²) < 4.78 is 7.64. The summed E-state index contributed by atoms with van der Waals surface area (Å²) in [5.74, 6) is 0.721. The fraction of sp³-hybridized carbons (Fsp3) is 0.474. The average molecular weight is 356 g/mol. The van der Waals surface area contributed by atoms with Crippen LogP contribution in [0, 0.1) is 0 Å². The molecule has 4 rings (SSSR count). The first-order chi connectivity index (χ1) is 12.6. The van der Waals surface area contributed by atoms with Crippen molar-refractivity contribution in [2.45, 2.75) is 32.1 Å². The van der Waals surface area contributed by atoms with Crippen LogP contribution in [0.4, 0.5) is 5.69 Å². The fourth-order valence-corrected chi connectivity index (χ4v) is 3.70. The smallest absolute Gasteiger partial charge is 0.241 e. The van der Waals surface area contributed by atoms with Crippen molar-refractivity contribution in [1.29, 1.82) is 0 Å². The Bertz CT molecular complexity index is 791. The molecular formula is C19H24N4O3. The molecule has 0 spiro atoms. The topological polar surface area (TPSA) is 70.8 Å². The quantitative estimate of drug-likeness (QED) is 0.863. The summed E-state index contributed by atoms with van der Waals surface area (Å²) in [4.78, 5) is 16.5. The summed E-state index contributed by atoms with van der Waals surface area (Å²) >= 11 is 0. The Labute approximate surface area is 152 Å². The molecule has 7 heteroatoms. The maximum absolute atomic E-state index is 12.7. The van der Waals surface area contributed by atoms with Crippen molar-refractivity contribution < 1.29 is 14.6 Å². The highest BCUT2D eigenvalue weighted by atomic mass is 16.5. The number of carbonyl (C=O) groups is 1.